The number of carbonyl (C=O) groups is 3. The number of ether oxygens (including phenoxy) is 12. The quantitative estimate of drug-likeness (QED) is 0.0125. The number of hydrogen-bond donors (Lipinski definition) is 3. The molecule has 0 radical (unpaired) electrons. The van der Waals surface area contributed by atoms with Crippen LogP contribution in [0.25, 0.3) is 17.2 Å². The normalized spacial score (nSPS) is 12.4. The van der Waals surface area contributed by atoms with E-state index in [1.54, 1.807) is 0 Å². The molecule has 1 aliphatic rings. The van der Waals surface area contributed by atoms with Gasteiger partial charge in [0, 0.05) is 30.5 Å². The number of hydroxylamine groups is 2. The molecule has 0 saturated heterocycles. The Bertz CT molecular complexity index is 2550. The summed E-state index contributed by atoms with van der Waals surface area (Å²) in [6, 6.07) is 13.4. The maximum Gasteiger partial charge on any atom is 0.313 e. The molecule has 0 bridgehead atoms. The summed E-state index contributed by atoms with van der Waals surface area (Å²) in [5, 5.41) is 4.21. The van der Waals surface area contributed by atoms with Gasteiger partial charge < -0.3 is 67.9 Å². The first-order chi connectivity index (χ1) is 39.6. The first-order valence-electron chi connectivity index (χ1n) is 26.6. The Kier molecular flexibility index (Phi) is 33.3. The molecule has 0 atom stereocenters. The van der Waals surface area contributed by atoms with Gasteiger partial charge in [0.25, 0.3) is 5.91 Å². The Morgan fingerprint density at radius 1 is 0.622 bits per heavy atom. The highest BCUT2D eigenvalue weighted by atomic mass is 32.2. The van der Waals surface area contributed by atoms with Crippen molar-refractivity contribution in [1.29, 1.82) is 0 Å². The summed E-state index contributed by atoms with van der Waals surface area (Å²) in [5.41, 5.74) is 10.1. The zero-order valence-electron chi connectivity index (χ0n) is 46.1. The monoisotopic (exact) mass is 1190 g/mol. The van der Waals surface area contributed by atoms with Crippen molar-refractivity contribution in [3.63, 3.8) is 0 Å². The molecule has 0 fully saturated rings. The number of hydrogen-bond acceptors (Lipinski definition) is 20. The fourth-order valence-electron chi connectivity index (χ4n) is 7.12. The van der Waals surface area contributed by atoms with E-state index in [0.717, 1.165) is 23.1 Å². The predicted octanol–water partition coefficient (Wildman–Crippen LogP) is 5.17. The number of nitrogens with zero attached hydrogens (tertiary/aromatic N) is 2. The van der Waals surface area contributed by atoms with Gasteiger partial charge in [0.15, 0.2) is 16.5 Å². The molecule has 0 aromatic heterocycles. The van der Waals surface area contributed by atoms with Crippen LogP contribution in [-0.4, -0.2) is 200 Å². The van der Waals surface area contributed by atoms with Crippen LogP contribution in [0.1, 0.15) is 45.1 Å². The SMILES string of the molecule is CCCN(OCC)C(=O)C1=Cc2ccc(-c3ccc(OCCNC(=O)CCOCCOCCOCCOCCOCCOCCOCCOCCOCCOCCC(=O)Oc4c(F)c(F)c(S(=O)(=O)O)c(F)c4F)cc3)cc2N=C(N)C1. The zero-order valence-corrected chi connectivity index (χ0v) is 46.9. The number of nitrogens with two attached hydrogens (primary N) is 1. The molecule has 458 valence electrons. The van der Waals surface area contributed by atoms with Crippen molar-refractivity contribution < 1.29 is 107 Å². The van der Waals surface area contributed by atoms with Crippen LogP contribution >= 0.6 is 0 Å². The summed E-state index contributed by atoms with van der Waals surface area (Å²) in [6.07, 6.45) is 2.43. The third-order valence-corrected chi connectivity index (χ3v) is 11.9. The molecule has 2 amide bonds. The van der Waals surface area contributed by atoms with Gasteiger partial charge in [-0.2, -0.15) is 17.2 Å². The van der Waals surface area contributed by atoms with Gasteiger partial charge in [-0.05, 0) is 48.7 Å². The van der Waals surface area contributed by atoms with E-state index in [-0.39, 0.29) is 64.3 Å². The first kappa shape index (κ1) is 68.8. The van der Waals surface area contributed by atoms with Crippen LogP contribution in [0.5, 0.6) is 11.5 Å². The van der Waals surface area contributed by atoms with Gasteiger partial charge in [-0.25, -0.2) is 18.8 Å². The molecule has 1 aliphatic heterocycles. The molecule has 82 heavy (non-hydrogen) atoms. The highest BCUT2D eigenvalue weighted by Crippen LogP contribution is 2.34. The number of carbonyl (C=O) groups excluding carboxylic acids is 3. The fraction of sp³-hybridized carbons (Fsp3) is 0.556. The Balaban J connectivity index is 0.846. The first-order valence-corrected chi connectivity index (χ1v) is 28.0. The van der Waals surface area contributed by atoms with E-state index in [2.05, 4.69) is 15.0 Å². The molecule has 0 saturated carbocycles. The summed E-state index contributed by atoms with van der Waals surface area (Å²) in [6.45, 7) is 11.1. The number of amidine groups is 1. The number of rotatable bonds is 45. The van der Waals surface area contributed by atoms with Crippen molar-refractivity contribution >= 4 is 45.5 Å². The van der Waals surface area contributed by atoms with E-state index in [1.807, 2.05) is 62.4 Å². The molecular formula is C54H74F4N4O19S. The molecule has 4 rings (SSSR count). The highest BCUT2D eigenvalue weighted by Gasteiger charge is 2.34. The number of amides is 2. The van der Waals surface area contributed by atoms with Crippen molar-refractivity contribution in [3.05, 3.63) is 76.9 Å². The number of nitrogens with one attached hydrogen (secondary N) is 1. The second-order valence-electron chi connectivity index (χ2n) is 17.3. The number of esters is 1. The predicted molar refractivity (Wildman–Crippen MR) is 287 cm³/mol. The van der Waals surface area contributed by atoms with Crippen LogP contribution in [0, 0.1) is 23.3 Å². The smallest absolute Gasteiger partial charge is 0.313 e. The van der Waals surface area contributed by atoms with Gasteiger partial charge in [0.2, 0.25) is 23.3 Å². The molecule has 23 nitrogen and oxygen atoms in total. The largest absolute Gasteiger partial charge is 0.492 e. The third kappa shape index (κ3) is 26.2. The van der Waals surface area contributed by atoms with Crippen LogP contribution in [0.2, 0.25) is 0 Å². The minimum atomic E-state index is -5.65. The van der Waals surface area contributed by atoms with Crippen LogP contribution in [0.3, 0.4) is 0 Å². The fourth-order valence-corrected chi connectivity index (χ4v) is 7.75. The molecule has 0 spiro atoms. The lowest BCUT2D eigenvalue weighted by atomic mass is 10.0. The number of aliphatic imine (C=N–C) groups is 1. The van der Waals surface area contributed by atoms with Crippen LogP contribution in [0.4, 0.5) is 23.2 Å². The van der Waals surface area contributed by atoms with Crippen molar-refractivity contribution in [2.75, 3.05) is 158 Å². The number of halogens is 4. The molecule has 28 heteroatoms. The lowest BCUT2D eigenvalue weighted by Gasteiger charge is -2.21. The van der Waals surface area contributed by atoms with E-state index in [4.69, 9.17) is 67.2 Å². The Labute approximate surface area is 474 Å². The van der Waals surface area contributed by atoms with Crippen LogP contribution in [0.15, 0.2) is 57.9 Å². The maximum atomic E-state index is 14.0. The summed E-state index contributed by atoms with van der Waals surface area (Å²) in [4.78, 5) is 45.2. The molecule has 0 aliphatic carbocycles. The lowest BCUT2D eigenvalue weighted by Crippen LogP contribution is -2.34. The second kappa shape index (κ2) is 39.7. The molecular weight excluding hydrogens is 1120 g/mol. The van der Waals surface area contributed by atoms with Crippen molar-refractivity contribution in [3.8, 4) is 22.6 Å². The number of fused-ring (bicyclic) bond motifs is 1. The molecule has 0 unspecified atom stereocenters. The lowest BCUT2D eigenvalue weighted by molar-refractivity contribution is -0.180. The van der Waals surface area contributed by atoms with E-state index in [1.165, 1.54) is 5.06 Å². The Morgan fingerprint density at radius 3 is 1.52 bits per heavy atom. The van der Waals surface area contributed by atoms with Gasteiger partial charge in [0.1, 0.15) is 18.2 Å². The third-order valence-electron chi connectivity index (χ3n) is 11.0. The van der Waals surface area contributed by atoms with Crippen molar-refractivity contribution in [2.24, 2.45) is 10.7 Å². The Morgan fingerprint density at radius 2 is 1.07 bits per heavy atom. The van der Waals surface area contributed by atoms with Gasteiger partial charge in [-0.15, -0.1) is 0 Å². The summed E-state index contributed by atoms with van der Waals surface area (Å²) < 4.78 is 151. The van der Waals surface area contributed by atoms with Crippen molar-refractivity contribution in [1.82, 2.24) is 10.4 Å². The molecule has 3 aromatic carbocycles. The van der Waals surface area contributed by atoms with E-state index < -0.39 is 56.4 Å². The maximum absolute atomic E-state index is 14.0. The van der Waals surface area contributed by atoms with E-state index in [0.29, 0.717) is 142 Å². The average molecular weight is 1190 g/mol. The highest BCUT2D eigenvalue weighted by molar-refractivity contribution is 7.85. The standard InChI is InChI=1S/C54H74F4N4O19S/c1-3-14-62(80-4-2)54(65)42-36-41-6-5-40(37-44(41)61-45(59)38-42)39-7-9-43(10-8-39)79-17-13-60-46(63)11-15-69-18-20-71-22-24-73-26-28-75-30-32-77-34-35-78-33-31-76-29-27-74-25-23-72-21-19-70-16-12-47(64)81-52-48(55)50(57)53(82(66,67)68)51(58)49(52)56/h5-10,36-37H,3-4,11-35,38H2,1-2H3,(H2,59,61)(H,60,63)(H,66,67,68). The molecule has 1 heterocycles. The van der Waals surface area contributed by atoms with E-state index >= 15 is 0 Å². The average Bonchev–Trinajstić information content (AvgIpc) is 3.08. The van der Waals surface area contributed by atoms with Gasteiger partial charge in [-0.1, -0.05) is 31.2 Å². The van der Waals surface area contributed by atoms with Gasteiger partial charge in [-0.3, -0.25) is 23.8 Å². The topological polar surface area (TPSA) is 279 Å². The molecule has 3 aromatic rings. The number of benzene rings is 3. The zero-order chi connectivity index (χ0) is 59.4. The summed E-state index contributed by atoms with van der Waals surface area (Å²) in [5.74, 6) is -12.0. The van der Waals surface area contributed by atoms with Gasteiger partial charge >= 0.3 is 16.1 Å². The minimum absolute atomic E-state index is 0.0166. The van der Waals surface area contributed by atoms with Crippen LogP contribution < -0.4 is 20.5 Å². The van der Waals surface area contributed by atoms with Crippen LogP contribution in [-0.2, 0) is 76.7 Å². The Hall–Kier alpha value is -5.73. The second-order valence-corrected chi connectivity index (χ2v) is 18.6. The summed E-state index contributed by atoms with van der Waals surface area (Å²) in [7, 11) is -5.65. The minimum Gasteiger partial charge on any atom is -0.492 e. The molecule has 4 N–H and O–H groups in total. The van der Waals surface area contributed by atoms with Crippen molar-refractivity contribution in [2.45, 2.75) is 44.4 Å². The van der Waals surface area contributed by atoms with E-state index in [9.17, 15) is 40.4 Å². The summed E-state index contributed by atoms with van der Waals surface area (Å²) >= 11 is 0. The van der Waals surface area contributed by atoms with Gasteiger partial charge in [0.05, 0.1) is 157 Å².